The van der Waals surface area contributed by atoms with Crippen molar-refractivity contribution >= 4 is 11.7 Å². The van der Waals surface area contributed by atoms with E-state index in [0.717, 1.165) is 5.56 Å². The summed E-state index contributed by atoms with van der Waals surface area (Å²) >= 11 is 0. The summed E-state index contributed by atoms with van der Waals surface area (Å²) in [5.41, 5.74) is 1.07. The van der Waals surface area contributed by atoms with Crippen LogP contribution in [0, 0.1) is 17.0 Å². The normalized spacial score (nSPS) is 11.0. The molecule has 102 valence electrons. The van der Waals surface area contributed by atoms with Crippen molar-refractivity contribution < 1.29 is 19.2 Å². The average molecular weight is 265 g/mol. The van der Waals surface area contributed by atoms with Gasteiger partial charge in [0.1, 0.15) is 6.61 Å². The number of ether oxygens (including phenoxy) is 2. The number of rotatable bonds is 5. The minimum atomic E-state index is -0.501. The van der Waals surface area contributed by atoms with Gasteiger partial charge in [0.25, 0.3) is 0 Å². The molecule has 0 aliphatic rings. The van der Waals surface area contributed by atoms with Crippen LogP contribution in [0.15, 0.2) is 29.8 Å². The Morgan fingerprint density at radius 3 is 2.74 bits per heavy atom. The lowest BCUT2D eigenvalue weighted by Gasteiger charge is -2.05. The Kier molecular flexibility index (Phi) is 5.05. The van der Waals surface area contributed by atoms with Crippen LogP contribution in [0.2, 0.25) is 0 Å². The van der Waals surface area contributed by atoms with Gasteiger partial charge in [0.2, 0.25) is 0 Å². The highest BCUT2D eigenvalue weighted by Gasteiger charge is 2.14. The summed E-state index contributed by atoms with van der Waals surface area (Å²) in [5.74, 6) is -0.286. The second kappa shape index (κ2) is 6.53. The first-order valence-electron chi connectivity index (χ1n) is 5.58. The van der Waals surface area contributed by atoms with E-state index < -0.39 is 10.9 Å². The summed E-state index contributed by atoms with van der Waals surface area (Å²) < 4.78 is 9.81. The molecule has 0 heterocycles. The summed E-state index contributed by atoms with van der Waals surface area (Å²) in [6.45, 7) is 3.40. The lowest BCUT2D eigenvalue weighted by Crippen LogP contribution is -2.04. The van der Waals surface area contributed by atoms with Gasteiger partial charge in [-0.25, -0.2) is 4.79 Å². The van der Waals surface area contributed by atoms with Crippen molar-refractivity contribution in [1.29, 1.82) is 0 Å². The van der Waals surface area contributed by atoms with Gasteiger partial charge in [0.05, 0.1) is 12.0 Å². The Balaban J connectivity index is 2.79. The highest BCUT2D eigenvalue weighted by atomic mass is 16.6. The zero-order chi connectivity index (χ0) is 14.4. The maximum atomic E-state index is 11.1. The number of hydrogen-bond donors (Lipinski definition) is 0. The predicted molar refractivity (Wildman–Crippen MR) is 69.1 cm³/mol. The van der Waals surface area contributed by atoms with Crippen LogP contribution in [0.3, 0.4) is 0 Å². The lowest BCUT2D eigenvalue weighted by molar-refractivity contribution is -0.385. The molecule has 1 rings (SSSR count). The predicted octanol–water partition coefficient (Wildman–Crippen LogP) is 2.40. The zero-order valence-corrected chi connectivity index (χ0v) is 11.0. The van der Waals surface area contributed by atoms with Gasteiger partial charge < -0.3 is 9.47 Å². The number of benzene rings is 1. The van der Waals surface area contributed by atoms with Gasteiger partial charge in [-0.2, -0.15) is 0 Å². The summed E-state index contributed by atoms with van der Waals surface area (Å²) in [7, 11) is 1.28. The maximum absolute atomic E-state index is 11.1. The number of hydrogen-bond acceptors (Lipinski definition) is 5. The molecule has 0 aliphatic carbocycles. The van der Waals surface area contributed by atoms with Crippen molar-refractivity contribution in [2.45, 2.75) is 13.8 Å². The molecule has 0 unspecified atom stereocenters. The minimum absolute atomic E-state index is 0.0604. The summed E-state index contributed by atoms with van der Waals surface area (Å²) in [5, 5.41) is 10.9. The molecule has 0 atom stereocenters. The van der Waals surface area contributed by atoms with E-state index >= 15 is 0 Å². The zero-order valence-electron chi connectivity index (χ0n) is 11.0. The van der Waals surface area contributed by atoms with Gasteiger partial charge in [-0.15, -0.1) is 0 Å². The van der Waals surface area contributed by atoms with Crippen LogP contribution in [0.4, 0.5) is 5.69 Å². The smallest absolute Gasteiger partial charge is 0.333 e. The molecule has 0 amide bonds. The van der Waals surface area contributed by atoms with Crippen molar-refractivity contribution in [3.8, 4) is 5.75 Å². The summed E-state index contributed by atoms with van der Waals surface area (Å²) in [6, 6.07) is 4.69. The molecule has 0 radical (unpaired) electrons. The second-order valence-electron chi connectivity index (χ2n) is 3.92. The van der Waals surface area contributed by atoms with Gasteiger partial charge in [-0.3, -0.25) is 10.1 Å². The molecule has 6 nitrogen and oxygen atoms in total. The third kappa shape index (κ3) is 4.09. The van der Waals surface area contributed by atoms with Crippen LogP contribution >= 0.6 is 0 Å². The molecule has 0 saturated heterocycles. The molecule has 0 aromatic heterocycles. The largest absolute Gasteiger partial charge is 0.483 e. The molecule has 0 aliphatic heterocycles. The average Bonchev–Trinajstić information content (AvgIpc) is 2.38. The Labute approximate surface area is 110 Å². The van der Waals surface area contributed by atoms with Crippen molar-refractivity contribution in [2.75, 3.05) is 13.7 Å². The Morgan fingerprint density at radius 2 is 2.16 bits per heavy atom. The van der Waals surface area contributed by atoms with E-state index in [9.17, 15) is 14.9 Å². The van der Waals surface area contributed by atoms with Crippen LogP contribution in [0.25, 0.3) is 0 Å². The van der Waals surface area contributed by atoms with Crippen LogP contribution in [-0.4, -0.2) is 24.6 Å². The third-order valence-corrected chi connectivity index (χ3v) is 2.45. The van der Waals surface area contributed by atoms with E-state index in [1.807, 2.05) is 0 Å². The van der Waals surface area contributed by atoms with Crippen molar-refractivity contribution in [3.05, 3.63) is 45.5 Å². The molecule has 0 saturated carbocycles. The molecule has 19 heavy (non-hydrogen) atoms. The van der Waals surface area contributed by atoms with Crippen molar-refractivity contribution in [2.24, 2.45) is 0 Å². The first kappa shape index (κ1) is 14.7. The van der Waals surface area contributed by atoms with Gasteiger partial charge in [-0.1, -0.05) is 6.07 Å². The highest BCUT2D eigenvalue weighted by molar-refractivity contribution is 5.87. The Bertz CT molecular complexity index is 522. The Hall–Kier alpha value is -2.37. The first-order chi connectivity index (χ1) is 8.95. The van der Waals surface area contributed by atoms with E-state index in [1.165, 1.54) is 25.3 Å². The number of aryl methyl sites for hydroxylation is 1. The van der Waals surface area contributed by atoms with Crippen LogP contribution in [0.5, 0.6) is 5.75 Å². The fourth-order valence-corrected chi connectivity index (χ4v) is 1.39. The van der Waals surface area contributed by atoms with E-state index in [2.05, 4.69) is 4.74 Å². The highest BCUT2D eigenvalue weighted by Crippen LogP contribution is 2.27. The minimum Gasteiger partial charge on any atom is -0.483 e. The van der Waals surface area contributed by atoms with Crippen molar-refractivity contribution in [3.63, 3.8) is 0 Å². The SMILES string of the molecule is COC(=O)C(C)=CCOc1ccc(C)cc1[N+](=O)[O-]. The van der Waals surface area contributed by atoms with E-state index in [-0.39, 0.29) is 18.0 Å². The number of carbonyl (C=O) groups excluding carboxylic acids is 1. The molecule has 0 spiro atoms. The fourth-order valence-electron chi connectivity index (χ4n) is 1.39. The topological polar surface area (TPSA) is 78.7 Å². The number of nitro benzene ring substituents is 1. The molecule has 0 N–H and O–H groups in total. The number of methoxy groups -OCH3 is 1. The van der Waals surface area contributed by atoms with Gasteiger partial charge in [0, 0.05) is 11.6 Å². The number of carbonyl (C=O) groups is 1. The molecule has 1 aromatic carbocycles. The number of nitrogens with zero attached hydrogens (tertiary/aromatic N) is 1. The molecule has 0 fully saturated rings. The quantitative estimate of drug-likeness (QED) is 0.353. The van der Waals surface area contributed by atoms with Crippen molar-refractivity contribution in [1.82, 2.24) is 0 Å². The van der Waals surface area contributed by atoms with E-state index in [0.29, 0.717) is 5.57 Å². The molecular weight excluding hydrogens is 250 g/mol. The first-order valence-corrected chi connectivity index (χ1v) is 5.58. The van der Waals surface area contributed by atoms with Gasteiger partial charge in [0.15, 0.2) is 5.75 Å². The van der Waals surface area contributed by atoms with Gasteiger partial charge in [-0.05, 0) is 31.6 Å². The van der Waals surface area contributed by atoms with Crippen LogP contribution in [-0.2, 0) is 9.53 Å². The second-order valence-corrected chi connectivity index (χ2v) is 3.92. The third-order valence-electron chi connectivity index (χ3n) is 2.45. The van der Waals surface area contributed by atoms with Gasteiger partial charge >= 0.3 is 11.7 Å². The molecule has 1 aromatic rings. The molecule has 6 heteroatoms. The lowest BCUT2D eigenvalue weighted by atomic mass is 10.2. The van der Waals surface area contributed by atoms with E-state index in [4.69, 9.17) is 4.74 Å². The molecule has 0 bridgehead atoms. The standard InChI is InChI=1S/C13H15NO5/c1-9-4-5-12(11(8-9)14(16)17)19-7-6-10(2)13(15)18-3/h4-6,8H,7H2,1-3H3. The summed E-state index contributed by atoms with van der Waals surface area (Å²) in [6.07, 6.45) is 1.51. The Morgan fingerprint density at radius 1 is 1.47 bits per heavy atom. The number of nitro groups is 1. The van der Waals surface area contributed by atoms with Crippen LogP contribution in [0.1, 0.15) is 12.5 Å². The monoisotopic (exact) mass is 265 g/mol. The fraction of sp³-hybridized carbons (Fsp3) is 0.308. The molecular formula is C13H15NO5. The van der Waals surface area contributed by atoms with Crippen LogP contribution < -0.4 is 4.74 Å². The summed E-state index contributed by atoms with van der Waals surface area (Å²) in [4.78, 5) is 21.5. The van der Waals surface area contributed by atoms with E-state index in [1.54, 1.807) is 19.9 Å². The number of esters is 1. The maximum Gasteiger partial charge on any atom is 0.333 e.